The van der Waals surface area contributed by atoms with Crippen LogP contribution in [0.25, 0.3) is 0 Å². The second kappa shape index (κ2) is 7.04. The average Bonchev–Trinajstić information content (AvgIpc) is 2.83. The molecular weight excluding hydrogens is 322 g/mol. The molecule has 6 nitrogen and oxygen atoms in total. The zero-order chi connectivity index (χ0) is 14.4. The minimum Gasteiger partial charge on any atom is -0.338 e. The summed E-state index contributed by atoms with van der Waals surface area (Å²) < 4.78 is 2.65. The zero-order valence-electron chi connectivity index (χ0n) is 11.1. The number of hydrogen-bond donors (Lipinski definition) is 2. The zero-order valence-corrected chi connectivity index (χ0v) is 12.7. The highest BCUT2D eigenvalue weighted by Crippen LogP contribution is 2.10. The summed E-state index contributed by atoms with van der Waals surface area (Å²) in [5, 5.41) is 9.57. The van der Waals surface area contributed by atoms with Gasteiger partial charge >= 0.3 is 6.03 Å². The molecule has 2 N–H and O–H groups in total. The van der Waals surface area contributed by atoms with Crippen molar-refractivity contribution in [1.82, 2.24) is 20.1 Å². The summed E-state index contributed by atoms with van der Waals surface area (Å²) in [6.45, 7) is 0.608. The van der Waals surface area contributed by atoms with Crippen LogP contribution in [0.1, 0.15) is 12.0 Å². The van der Waals surface area contributed by atoms with Crippen LogP contribution < -0.4 is 10.6 Å². The monoisotopic (exact) mass is 337 g/mol. The van der Waals surface area contributed by atoms with Gasteiger partial charge in [-0.15, -0.1) is 0 Å². The van der Waals surface area contributed by atoms with E-state index in [-0.39, 0.29) is 6.03 Å². The quantitative estimate of drug-likeness (QED) is 0.822. The Morgan fingerprint density at radius 2 is 2.25 bits per heavy atom. The van der Waals surface area contributed by atoms with Crippen molar-refractivity contribution in [3.05, 3.63) is 40.8 Å². The molecule has 2 aromatic rings. The first-order chi connectivity index (χ1) is 9.63. The predicted octanol–water partition coefficient (Wildman–Crippen LogP) is 2.33. The molecule has 20 heavy (non-hydrogen) atoms. The van der Waals surface area contributed by atoms with Gasteiger partial charge in [-0.25, -0.2) is 9.78 Å². The molecule has 2 aromatic heterocycles. The van der Waals surface area contributed by atoms with E-state index in [4.69, 9.17) is 0 Å². The maximum Gasteiger partial charge on any atom is 0.320 e. The molecule has 0 bridgehead atoms. The van der Waals surface area contributed by atoms with E-state index in [0.29, 0.717) is 12.4 Å². The van der Waals surface area contributed by atoms with Crippen molar-refractivity contribution < 1.29 is 4.79 Å². The first-order valence-electron chi connectivity index (χ1n) is 6.27. The van der Waals surface area contributed by atoms with E-state index in [0.717, 1.165) is 17.3 Å². The van der Waals surface area contributed by atoms with Crippen LogP contribution in [0.5, 0.6) is 0 Å². The van der Waals surface area contributed by atoms with E-state index >= 15 is 0 Å². The van der Waals surface area contributed by atoms with Crippen LogP contribution >= 0.6 is 15.9 Å². The number of urea groups is 1. The van der Waals surface area contributed by atoms with Crippen LogP contribution in [0.4, 0.5) is 10.6 Å². The number of halogens is 1. The average molecular weight is 338 g/mol. The number of pyridine rings is 1. The van der Waals surface area contributed by atoms with Crippen molar-refractivity contribution in [3.63, 3.8) is 0 Å². The second-order valence-corrected chi connectivity index (χ2v) is 5.28. The number of amides is 2. The lowest BCUT2D eigenvalue weighted by Crippen LogP contribution is -2.30. The Hall–Kier alpha value is -1.89. The predicted molar refractivity (Wildman–Crippen MR) is 80.5 cm³/mol. The Kier molecular flexibility index (Phi) is 5.11. The van der Waals surface area contributed by atoms with Gasteiger partial charge in [0.25, 0.3) is 0 Å². The molecule has 0 fully saturated rings. The molecule has 0 spiro atoms. The molecular formula is C13H16BrN5O. The Labute approximate surface area is 125 Å². The van der Waals surface area contributed by atoms with E-state index in [2.05, 4.69) is 36.6 Å². The molecule has 0 aliphatic heterocycles. The SMILES string of the molecule is Cn1cc(CCCNC(=O)Nc2ccc(Br)cn2)cn1. The highest BCUT2D eigenvalue weighted by molar-refractivity contribution is 9.10. The molecule has 0 aliphatic rings. The van der Waals surface area contributed by atoms with Gasteiger partial charge in [-0.2, -0.15) is 5.10 Å². The third-order valence-electron chi connectivity index (χ3n) is 2.66. The number of carbonyl (C=O) groups excluding carboxylic acids is 1. The first kappa shape index (κ1) is 14.5. The summed E-state index contributed by atoms with van der Waals surface area (Å²) in [4.78, 5) is 15.7. The lowest BCUT2D eigenvalue weighted by molar-refractivity contribution is 0.252. The van der Waals surface area contributed by atoms with Crippen LogP contribution in [0.15, 0.2) is 35.2 Å². The van der Waals surface area contributed by atoms with Crippen molar-refractivity contribution in [1.29, 1.82) is 0 Å². The summed E-state index contributed by atoms with van der Waals surface area (Å²) in [6, 6.07) is 3.32. The number of carbonyl (C=O) groups is 1. The molecule has 0 aromatic carbocycles. The van der Waals surface area contributed by atoms with Gasteiger partial charge in [-0.05, 0) is 46.5 Å². The van der Waals surface area contributed by atoms with E-state index in [1.165, 1.54) is 5.56 Å². The number of nitrogens with one attached hydrogen (secondary N) is 2. The maximum atomic E-state index is 11.6. The lowest BCUT2D eigenvalue weighted by Gasteiger charge is -2.06. The van der Waals surface area contributed by atoms with Crippen LogP contribution in [0, 0.1) is 0 Å². The fourth-order valence-electron chi connectivity index (χ4n) is 1.71. The number of aromatic nitrogens is 3. The van der Waals surface area contributed by atoms with Gasteiger partial charge in [0.1, 0.15) is 5.82 Å². The number of aryl methyl sites for hydroxylation is 2. The van der Waals surface area contributed by atoms with Gasteiger partial charge < -0.3 is 5.32 Å². The third-order valence-corrected chi connectivity index (χ3v) is 3.12. The van der Waals surface area contributed by atoms with Crippen LogP contribution in [-0.4, -0.2) is 27.3 Å². The van der Waals surface area contributed by atoms with Crippen molar-refractivity contribution in [2.75, 3.05) is 11.9 Å². The second-order valence-electron chi connectivity index (χ2n) is 4.37. The Morgan fingerprint density at radius 3 is 2.90 bits per heavy atom. The molecule has 0 atom stereocenters. The fraction of sp³-hybridized carbons (Fsp3) is 0.308. The molecule has 0 aliphatic carbocycles. The highest BCUT2D eigenvalue weighted by Gasteiger charge is 2.02. The Balaban J connectivity index is 1.66. The number of anilines is 1. The van der Waals surface area contributed by atoms with Crippen molar-refractivity contribution in [2.45, 2.75) is 12.8 Å². The van der Waals surface area contributed by atoms with Crippen LogP contribution in [0.2, 0.25) is 0 Å². The summed E-state index contributed by atoms with van der Waals surface area (Å²) in [5.41, 5.74) is 1.17. The molecule has 2 amide bonds. The van der Waals surface area contributed by atoms with Gasteiger partial charge in [-0.3, -0.25) is 10.00 Å². The van der Waals surface area contributed by atoms with Crippen molar-refractivity contribution in [3.8, 4) is 0 Å². The Bertz CT molecular complexity index is 566. The van der Waals surface area contributed by atoms with Gasteiger partial charge in [0, 0.05) is 30.5 Å². The molecule has 0 saturated carbocycles. The molecule has 2 rings (SSSR count). The minimum absolute atomic E-state index is 0.244. The maximum absolute atomic E-state index is 11.6. The van der Waals surface area contributed by atoms with Crippen LogP contribution in [-0.2, 0) is 13.5 Å². The largest absolute Gasteiger partial charge is 0.338 e. The van der Waals surface area contributed by atoms with E-state index in [1.54, 1.807) is 16.9 Å². The normalized spacial score (nSPS) is 10.3. The fourth-order valence-corrected chi connectivity index (χ4v) is 1.94. The number of rotatable bonds is 5. The van der Waals surface area contributed by atoms with E-state index in [9.17, 15) is 4.79 Å². The first-order valence-corrected chi connectivity index (χ1v) is 7.07. The standard InChI is InChI=1S/C13H16BrN5O/c1-19-9-10(7-17-19)3-2-6-15-13(20)18-12-5-4-11(14)8-16-12/h4-5,7-9H,2-3,6H2,1H3,(H2,15,16,18,20). The summed E-state index contributed by atoms with van der Waals surface area (Å²) in [7, 11) is 1.89. The van der Waals surface area contributed by atoms with Gasteiger partial charge in [0.15, 0.2) is 0 Å². The molecule has 106 valence electrons. The van der Waals surface area contributed by atoms with Gasteiger partial charge in [-0.1, -0.05) is 0 Å². The Morgan fingerprint density at radius 1 is 1.40 bits per heavy atom. The summed E-state index contributed by atoms with van der Waals surface area (Å²) in [5.74, 6) is 0.526. The summed E-state index contributed by atoms with van der Waals surface area (Å²) in [6.07, 6.45) is 7.22. The van der Waals surface area contributed by atoms with E-state index < -0.39 is 0 Å². The lowest BCUT2D eigenvalue weighted by atomic mass is 10.2. The van der Waals surface area contributed by atoms with Crippen molar-refractivity contribution in [2.24, 2.45) is 7.05 Å². The molecule has 7 heteroatoms. The molecule has 2 heterocycles. The molecule has 0 radical (unpaired) electrons. The van der Waals surface area contributed by atoms with Gasteiger partial charge in [0.05, 0.1) is 6.20 Å². The molecule has 0 saturated heterocycles. The molecule has 0 unspecified atom stereocenters. The summed E-state index contributed by atoms with van der Waals surface area (Å²) >= 11 is 3.29. The van der Waals surface area contributed by atoms with E-state index in [1.807, 2.05) is 25.5 Å². The van der Waals surface area contributed by atoms with Crippen molar-refractivity contribution >= 4 is 27.8 Å². The smallest absolute Gasteiger partial charge is 0.320 e. The number of nitrogens with zero attached hydrogens (tertiary/aromatic N) is 3. The minimum atomic E-state index is -0.244. The van der Waals surface area contributed by atoms with Crippen LogP contribution in [0.3, 0.4) is 0 Å². The van der Waals surface area contributed by atoms with Gasteiger partial charge in [0.2, 0.25) is 0 Å². The third kappa shape index (κ3) is 4.65. The topological polar surface area (TPSA) is 71.8 Å². The highest BCUT2D eigenvalue weighted by atomic mass is 79.9. The number of hydrogen-bond acceptors (Lipinski definition) is 3.